The molecule has 4 rings (SSSR count). The van der Waals surface area contributed by atoms with Gasteiger partial charge in [0.2, 0.25) is 0 Å². The van der Waals surface area contributed by atoms with Crippen LogP contribution in [0.2, 0.25) is 0 Å². The Kier molecular flexibility index (Phi) is 5.24. The van der Waals surface area contributed by atoms with Gasteiger partial charge in [-0.3, -0.25) is 0 Å². The zero-order valence-electron chi connectivity index (χ0n) is 15.5. The fourth-order valence-corrected chi connectivity index (χ4v) is 4.34. The van der Waals surface area contributed by atoms with Gasteiger partial charge in [0, 0.05) is 41.7 Å². The summed E-state index contributed by atoms with van der Waals surface area (Å²) in [5.74, 6) is 0.274. The largest absolute Gasteiger partial charge is 0.497 e. The monoisotopic (exact) mass is 399 g/mol. The molecule has 0 amide bonds. The molecule has 0 fully saturated rings. The topological polar surface area (TPSA) is 21.7 Å². The van der Waals surface area contributed by atoms with Crippen molar-refractivity contribution in [1.29, 1.82) is 0 Å². The molecule has 0 bridgehead atoms. The van der Waals surface area contributed by atoms with Crippen molar-refractivity contribution in [3.8, 4) is 17.2 Å². The maximum absolute atomic E-state index is 13.4. The fraction of sp³-hybridized carbons (Fsp3) is 0.182. The molecule has 6 heteroatoms. The minimum absolute atomic E-state index is 0.152. The molecule has 0 unspecified atom stereocenters. The molecule has 0 aliphatic carbocycles. The Balaban J connectivity index is 1.50. The lowest BCUT2D eigenvalue weighted by molar-refractivity contribution is 0.414. The quantitative estimate of drug-likeness (QED) is 0.484. The molecular weight excluding hydrogens is 380 g/mol. The molecule has 28 heavy (non-hydrogen) atoms. The maximum Gasteiger partial charge on any atom is 0.133 e. The van der Waals surface area contributed by atoms with Crippen molar-refractivity contribution in [3.05, 3.63) is 82.9 Å². The number of ether oxygens (including phenoxy) is 2. The molecule has 0 N–H and O–H groups in total. The van der Waals surface area contributed by atoms with Crippen LogP contribution in [0.1, 0.15) is 16.7 Å². The number of hydrogen-bond donors (Lipinski definition) is 0. The van der Waals surface area contributed by atoms with E-state index in [0.29, 0.717) is 5.75 Å². The van der Waals surface area contributed by atoms with Gasteiger partial charge in [0.1, 0.15) is 28.9 Å². The van der Waals surface area contributed by atoms with Crippen LogP contribution in [-0.2, 0) is 13.1 Å². The molecule has 0 saturated heterocycles. The molecule has 3 aromatic rings. The highest BCUT2D eigenvalue weighted by Gasteiger charge is 2.24. The molecule has 1 aliphatic rings. The van der Waals surface area contributed by atoms with Crippen LogP contribution in [-0.4, -0.2) is 11.4 Å². The van der Waals surface area contributed by atoms with E-state index in [1.807, 2.05) is 31.2 Å². The van der Waals surface area contributed by atoms with Crippen molar-refractivity contribution in [2.45, 2.75) is 24.9 Å². The standard InChI is InChI=1S/C22H19F2NO2S/c1-14-21(27-20-10-17(23)9-18(24)11-20)8-5-16-13-25(28-22(14)16)12-15-3-6-19(26-2)7-4-15/h3-11H,12-13H2,1-2H3. The van der Waals surface area contributed by atoms with Gasteiger partial charge in [0.15, 0.2) is 0 Å². The highest BCUT2D eigenvalue weighted by molar-refractivity contribution is 7.97. The number of rotatable bonds is 5. The summed E-state index contributed by atoms with van der Waals surface area (Å²) in [4.78, 5) is 1.13. The van der Waals surface area contributed by atoms with Gasteiger partial charge in [-0.05, 0) is 48.2 Å². The van der Waals surface area contributed by atoms with E-state index in [1.165, 1.54) is 23.3 Å². The van der Waals surface area contributed by atoms with E-state index in [-0.39, 0.29) is 5.75 Å². The average molecular weight is 399 g/mol. The van der Waals surface area contributed by atoms with Crippen LogP contribution in [0, 0.1) is 18.6 Å². The first-order chi connectivity index (χ1) is 13.5. The fourth-order valence-electron chi connectivity index (χ4n) is 3.18. The first-order valence-corrected chi connectivity index (χ1v) is 9.61. The van der Waals surface area contributed by atoms with E-state index in [4.69, 9.17) is 9.47 Å². The Morgan fingerprint density at radius 1 is 0.964 bits per heavy atom. The molecule has 144 valence electrons. The second-order valence-electron chi connectivity index (χ2n) is 6.62. The first kappa shape index (κ1) is 18.8. The molecule has 3 nitrogen and oxygen atoms in total. The van der Waals surface area contributed by atoms with Crippen LogP contribution in [0.15, 0.2) is 59.5 Å². The Hall–Kier alpha value is -2.57. The van der Waals surface area contributed by atoms with Crippen LogP contribution in [0.4, 0.5) is 8.78 Å². The highest BCUT2D eigenvalue weighted by atomic mass is 32.2. The Bertz CT molecular complexity index is 988. The first-order valence-electron chi connectivity index (χ1n) is 8.84. The summed E-state index contributed by atoms with van der Waals surface area (Å²) in [5, 5.41) is 0. The van der Waals surface area contributed by atoms with Gasteiger partial charge in [-0.2, -0.15) is 0 Å². The minimum Gasteiger partial charge on any atom is -0.497 e. The second kappa shape index (κ2) is 7.81. The Morgan fingerprint density at radius 3 is 2.36 bits per heavy atom. The second-order valence-corrected chi connectivity index (χ2v) is 7.73. The van der Waals surface area contributed by atoms with E-state index in [0.717, 1.165) is 35.4 Å². The number of nitrogens with zero attached hydrogens (tertiary/aromatic N) is 1. The summed E-state index contributed by atoms with van der Waals surface area (Å²) in [6.45, 7) is 3.59. The minimum atomic E-state index is -0.658. The van der Waals surface area contributed by atoms with Crippen LogP contribution < -0.4 is 9.47 Å². The van der Waals surface area contributed by atoms with Gasteiger partial charge in [-0.1, -0.05) is 18.2 Å². The Labute approximate surface area is 167 Å². The molecule has 3 aromatic carbocycles. The van der Waals surface area contributed by atoms with Gasteiger partial charge in [0.25, 0.3) is 0 Å². The third kappa shape index (κ3) is 3.98. The van der Waals surface area contributed by atoms with Gasteiger partial charge >= 0.3 is 0 Å². The lowest BCUT2D eigenvalue weighted by Crippen LogP contribution is -2.09. The number of hydrogen-bond acceptors (Lipinski definition) is 4. The summed E-state index contributed by atoms with van der Waals surface area (Å²) < 4.78 is 40.1. The van der Waals surface area contributed by atoms with Crippen molar-refractivity contribution in [2.24, 2.45) is 0 Å². The van der Waals surface area contributed by atoms with Crippen molar-refractivity contribution in [3.63, 3.8) is 0 Å². The third-order valence-electron chi connectivity index (χ3n) is 4.59. The Morgan fingerprint density at radius 2 is 1.68 bits per heavy atom. The number of fused-ring (bicyclic) bond motifs is 1. The predicted molar refractivity (Wildman–Crippen MR) is 106 cm³/mol. The van der Waals surface area contributed by atoms with Gasteiger partial charge < -0.3 is 9.47 Å². The van der Waals surface area contributed by atoms with Gasteiger partial charge in [-0.25, -0.2) is 13.1 Å². The SMILES string of the molecule is COc1ccc(CN2Cc3ccc(Oc4cc(F)cc(F)c4)c(C)c3S2)cc1. The van der Waals surface area contributed by atoms with Crippen LogP contribution in [0.3, 0.4) is 0 Å². The number of benzene rings is 3. The summed E-state index contributed by atoms with van der Waals surface area (Å²) in [6, 6.07) is 15.1. The normalized spacial score (nSPS) is 13.4. The molecule has 0 spiro atoms. The van der Waals surface area contributed by atoms with E-state index < -0.39 is 11.6 Å². The molecule has 1 aliphatic heterocycles. The predicted octanol–water partition coefficient (Wildman–Crippen LogP) is 6.10. The van der Waals surface area contributed by atoms with Crippen molar-refractivity contribution < 1.29 is 18.3 Å². The maximum atomic E-state index is 13.4. The van der Waals surface area contributed by atoms with Crippen LogP contribution in [0.5, 0.6) is 17.2 Å². The van der Waals surface area contributed by atoms with E-state index in [2.05, 4.69) is 16.4 Å². The number of halogens is 2. The van der Waals surface area contributed by atoms with E-state index in [9.17, 15) is 8.78 Å². The summed E-state index contributed by atoms with van der Waals surface area (Å²) >= 11 is 1.67. The summed E-state index contributed by atoms with van der Waals surface area (Å²) in [5.41, 5.74) is 3.38. The van der Waals surface area contributed by atoms with Gasteiger partial charge in [-0.15, -0.1) is 0 Å². The van der Waals surface area contributed by atoms with Crippen LogP contribution >= 0.6 is 11.9 Å². The van der Waals surface area contributed by atoms with E-state index >= 15 is 0 Å². The van der Waals surface area contributed by atoms with Gasteiger partial charge in [0.05, 0.1) is 7.11 Å². The summed E-state index contributed by atoms with van der Waals surface area (Å²) in [6.07, 6.45) is 0. The number of methoxy groups -OCH3 is 1. The molecular formula is C22H19F2NO2S. The van der Waals surface area contributed by atoms with Crippen molar-refractivity contribution >= 4 is 11.9 Å². The molecule has 0 atom stereocenters. The highest BCUT2D eigenvalue weighted by Crippen LogP contribution is 2.43. The molecule has 0 aromatic heterocycles. The zero-order chi connectivity index (χ0) is 19.7. The van der Waals surface area contributed by atoms with Crippen LogP contribution in [0.25, 0.3) is 0 Å². The molecule has 0 radical (unpaired) electrons. The van der Waals surface area contributed by atoms with Crippen molar-refractivity contribution in [2.75, 3.05) is 7.11 Å². The lowest BCUT2D eigenvalue weighted by atomic mass is 10.1. The lowest BCUT2D eigenvalue weighted by Gasteiger charge is -2.14. The smallest absolute Gasteiger partial charge is 0.133 e. The molecule has 0 saturated carbocycles. The van der Waals surface area contributed by atoms with E-state index in [1.54, 1.807) is 19.1 Å². The molecule has 1 heterocycles. The average Bonchev–Trinajstić information content (AvgIpc) is 3.07. The third-order valence-corrected chi connectivity index (χ3v) is 5.85. The summed E-state index contributed by atoms with van der Waals surface area (Å²) in [7, 11) is 1.66. The van der Waals surface area contributed by atoms with Crippen molar-refractivity contribution in [1.82, 2.24) is 4.31 Å². The zero-order valence-corrected chi connectivity index (χ0v) is 16.4.